The molecule has 0 atom stereocenters. The van der Waals surface area contributed by atoms with Crippen LogP contribution in [-0.2, 0) is 14.3 Å². The molecule has 1 saturated carbocycles. The van der Waals surface area contributed by atoms with Gasteiger partial charge in [-0.1, -0.05) is 57.2 Å². The summed E-state index contributed by atoms with van der Waals surface area (Å²) in [6.07, 6.45) is 8.75. The average Bonchev–Trinajstić information content (AvgIpc) is 2.85. The van der Waals surface area contributed by atoms with Crippen molar-refractivity contribution in [3.63, 3.8) is 0 Å². The zero-order valence-corrected chi connectivity index (χ0v) is 19.3. The monoisotopic (exact) mass is 448 g/mol. The van der Waals surface area contributed by atoms with Crippen molar-refractivity contribution < 1.29 is 23.8 Å². The maximum atomic E-state index is 12.5. The Kier molecular flexibility index (Phi) is 8.87. The van der Waals surface area contributed by atoms with E-state index in [-0.39, 0.29) is 12.4 Å². The van der Waals surface area contributed by atoms with Crippen LogP contribution in [0.15, 0.2) is 67.8 Å². The van der Waals surface area contributed by atoms with Gasteiger partial charge in [-0.25, -0.2) is 9.59 Å². The second kappa shape index (κ2) is 12.0. The van der Waals surface area contributed by atoms with Crippen molar-refractivity contribution in [2.45, 2.75) is 51.4 Å². The van der Waals surface area contributed by atoms with E-state index in [0.717, 1.165) is 12.0 Å². The Morgan fingerprint density at radius 2 is 1.61 bits per heavy atom. The van der Waals surface area contributed by atoms with E-state index < -0.39 is 11.9 Å². The largest absolute Gasteiger partial charge is 0.457 e. The molecule has 0 amide bonds. The molecule has 0 unspecified atom stereocenters. The Morgan fingerprint density at radius 1 is 0.970 bits per heavy atom. The van der Waals surface area contributed by atoms with Gasteiger partial charge >= 0.3 is 11.9 Å². The van der Waals surface area contributed by atoms with Gasteiger partial charge in [-0.05, 0) is 72.9 Å². The van der Waals surface area contributed by atoms with Crippen LogP contribution < -0.4 is 9.47 Å². The minimum absolute atomic E-state index is 0.219. The van der Waals surface area contributed by atoms with E-state index in [1.165, 1.54) is 44.1 Å². The summed E-state index contributed by atoms with van der Waals surface area (Å²) in [4.78, 5) is 23.6. The third-order valence-corrected chi connectivity index (χ3v) is 6.15. The normalized spacial score (nSPS) is 17.6. The first-order valence-corrected chi connectivity index (χ1v) is 11.5. The third kappa shape index (κ3) is 7.07. The SMILES string of the molecule is C=CC(=O)OCOc1ccc(C(=C)C(=O)Oc2ccc(C3CCC(CCC)CC3)cc2)cc1. The molecule has 2 aromatic rings. The van der Waals surface area contributed by atoms with Crippen molar-refractivity contribution in [3.05, 3.63) is 78.9 Å². The molecular weight excluding hydrogens is 416 g/mol. The van der Waals surface area contributed by atoms with Crippen LogP contribution in [0.25, 0.3) is 5.57 Å². The van der Waals surface area contributed by atoms with Crippen molar-refractivity contribution in [2.75, 3.05) is 6.79 Å². The van der Waals surface area contributed by atoms with E-state index in [9.17, 15) is 9.59 Å². The topological polar surface area (TPSA) is 61.8 Å². The molecular formula is C28H32O5. The Morgan fingerprint density at radius 3 is 2.21 bits per heavy atom. The molecule has 3 rings (SSSR count). The van der Waals surface area contributed by atoms with Crippen LogP contribution in [0.3, 0.4) is 0 Å². The van der Waals surface area contributed by atoms with Crippen LogP contribution in [-0.4, -0.2) is 18.7 Å². The Bertz CT molecular complexity index is 951. The van der Waals surface area contributed by atoms with Crippen molar-refractivity contribution in [1.29, 1.82) is 0 Å². The molecule has 0 spiro atoms. The van der Waals surface area contributed by atoms with Crippen LogP contribution in [0, 0.1) is 5.92 Å². The standard InChI is InChI=1S/C28H32O5/c1-4-6-21-7-9-23(10-8-21)24-13-17-26(18-14-24)33-28(30)20(3)22-11-15-25(16-12-22)31-19-32-27(29)5-2/h5,11-18,21,23H,2-4,6-10,19H2,1H3. The van der Waals surface area contributed by atoms with Gasteiger partial charge in [-0.3, -0.25) is 0 Å². The second-order valence-corrected chi connectivity index (χ2v) is 8.40. The fraction of sp³-hybridized carbons (Fsp3) is 0.357. The van der Waals surface area contributed by atoms with Crippen LogP contribution in [0.2, 0.25) is 0 Å². The first-order chi connectivity index (χ1) is 16.0. The van der Waals surface area contributed by atoms with E-state index in [1.807, 2.05) is 12.1 Å². The van der Waals surface area contributed by atoms with Gasteiger partial charge < -0.3 is 14.2 Å². The summed E-state index contributed by atoms with van der Waals surface area (Å²) in [7, 11) is 0. The van der Waals surface area contributed by atoms with Crippen molar-refractivity contribution in [1.82, 2.24) is 0 Å². The maximum Gasteiger partial charge on any atom is 0.343 e. The van der Waals surface area contributed by atoms with Gasteiger partial charge in [-0.2, -0.15) is 0 Å². The molecule has 0 aromatic heterocycles. The Labute approximate surface area is 196 Å². The summed E-state index contributed by atoms with van der Waals surface area (Å²) in [5, 5.41) is 0. The number of carbonyl (C=O) groups is 2. The van der Waals surface area contributed by atoms with Crippen LogP contribution in [0.4, 0.5) is 0 Å². The number of hydrogen-bond donors (Lipinski definition) is 0. The van der Waals surface area contributed by atoms with Gasteiger partial charge in [0.05, 0.1) is 5.57 Å². The molecule has 0 aliphatic heterocycles. The van der Waals surface area contributed by atoms with E-state index in [0.29, 0.717) is 23.0 Å². The Balaban J connectivity index is 1.50. The molecule has 5 nitrogen and oxygen atoms in total. The fourth-order valence-electron chi connectivity index (χ4n) is 4.25. The van der Waals surface area contributed by atoms with E-state index in [1.54, 1.807) is 24.3 Å². The van der Waals surface area contributed by atoms with E-state index in [2.05, 4.69) is 32.2 Å². The summed E-state index contributed by atoms with van der Waals surface area (Å²) in [5.74, 6) is 1.42. The molecule has 0 saturated heterocycles. The van der Waals surface area contributed by atoms with Gasteiger partial charge in [0, 0.05) is 6.08 Å². The molecule has 1 aliphatic rings. The lowest BCUT2D eigenvalue weighted by atomic mass is 9.77. The van der Waals surface area contributed by atoms with Crippen LogP contribution >= 0.6 is 0 Å². The highest BCUT2D eigenvalue weighted by molar-refractivity contribution is 6.16. The Hall–Kier alpha value is -3.34. The average molecular weight is 449 g/mol. The zero-order chi connectivity index (χ0) is 23.6. The number of hydrogen-bond acceptors (Lipinski definition) is 5. The number of carbonyl (C=O) groups excluding carboxylic acids is 2. The molecule has 0 heterocycles. The molecule has 174 valence electrons. The second-order valence-electron chi connectivity index (χ2n) is 8.40. The molecule has 5 heteroatoms. The lowest BCUT2D eigenvalue weighted by Crippen LogP contribution is -2.13. The highest BCUT2D eigenvalue weighted by atomic mass is 16.7. The summed E-state index contributed by atoms with van der Waals surface area (Å²) in [6.45, 7) is 9.22. The minimum atomic E-state index is -0.560. The predicted octanol–water partition coefficient (Wildman–Crippen LogP) is 6.44. The van der Waals surface area contributed by atoms with Gasteiger partial charge in [0.25, 0.3) is 0 Å². The summed E-state index contributed by atoms with van der Waals surface area (Å²) >= 11 is 0. The van der Waals surface area contributed by atoms with Crippen molar-refractivity contribution in [3.8, 4) is 11.5 Å². The first-order valence-electron chi connectivity index (χ1n) is 11.5. The van der Waals surface area contributed by atoms with Gasteiger partial charge in [-0.15, -0.1) is 0 Å². The molecule has 1 fully saturated rings. The minimum Gasteiger partial charge on any atom is -0.457 e. The van der Waals surface area contributed by atoms with Gasteiger partial charge in [0.2, 0.25) is 6.79 Å². The smallest absolute Gasteiger partial charge is 0.343 e. The van der Waals surface area contributed by atoms with Gasteiger partial charge in [0.15, 0.2) is 0 Å². The summed E-state index contributed by atoms with van der Waals surface area (Å²) in [5.41, 5.74) is 2.19. The molecule has 0 bridgehead atoms. The molecule has 2 aromatic carbocycles. The lowest BCUT2D eigenvalue weighted by molar-refractivity contribution is -0.144. The first kappa shape index (κ1) is 24.3. The quantitative estimate of drug-likeness (QED) is 0.181. The van der Waals surface area contributed by atoms with Crippen LogP contribution in [0.5, 0.6) is 11.5 Å². The van der Waals surface area contributed by atoms with E-state index in [4.69, 9.17) is 14.2 Å². The van der Waals surface area contributed by atoms with Crippen molar-refractivity contribution in [2.24, 2.45) is 5.92 Å². The number of benzene rings is 2. The van der Waals surface area contributed by atoms with Crippen molar-refractivity contribution >= 4 is 17.5 Å². The molecule has 0 radical (unpaired) electrons. The fourth-order valence-corrected chi connectivity index (χ4v) is 4.25. The van der Waals surface area contributed by atoms with E-state index >= 15 is 0 Å². The highest BCUT2D eigenvalue weighted by Crippen LogP contribution is 2.37. The number of rotatable bonds is 10. The molecule has 33 heavy (non-hydrogen) atoms. The predicted molar refractivity (Wildman–Crippen MR) is 129 cm³/mol. The zero-order valence-electron chi connectivity index (χ0n) is 19.3. The maximum absolute atomic E-state index is 12.5. The molecule has 0 N–H and O–H groups in total. The van der Waals surface area contributed by atoms with Crippen LogP contribution in [0.1, 0.15) is 62.5 Å². The lowest BCUT2D eigenvalue weighted by Gasteiger charge is -2.28. The van der Waals surface area contributed by atoms with Gasteiger partial charge in [0.1, 0.15) is 11.5 Å². The molecule has 1 aliphatic carbocycles. The summed E-state index contributed by atoms with van der Waals surface area (Å²) < 4.78 is 15.6. The number of esters is 2. The summed E-state index contributed by atoms with van der Waals surface area (Å²) in [6, 6.07) is 14.6. The third-order valence-electron chi connectivity index (χ3n) is 6.15. The highest BCUT2D eigenvalue weighted by Gasteiger charge is 2.22. The number of ether oxygens (including phenoxy) is 3.